The Kier molecular flexibility index (Phi) is 3.49. The molecule has 9 heavy (non-hydrogen) atoms. The van der Waals surface area contributed by atoms with Crippen molar-refractivity contribution in [1.29, 1.82) is 0 Å². The lowest BCUT2D eigenvalue weighted by Gasteiger charge is -2.03. The summed E-state index contributed by atoms with van der Waals surface area (Å²) >= 11 is 0. The Morgan fingerprint density at radius 3 is 2.89 bits per heavy atom. The number of amides is 1. The van der Waals surface area contributed by atoms with E-state index in [0.29, 0.717) is 6.42 Å². The Labute approximate surface area is 54.6 Å². The first kappa shape index (κ1) is 7.99. The van der Waals surface area contributed by atoms with Crippen molar-refractivity contribution in [3.8, 4) is 12.3 Å². The molecule has 1 amide bonds. The van der Waals surface area contributed by atoms with Gasteiger partial charge in [0.1, 0.15) is 0 Å². The predicted octanol–water partition coefficient (Wildman–Crippen LogP) is -0.917. The Balaban J connectivity index is 3.62. The van der Waals surface area contributed by atoms with Gasteiger partial charge in [-0.2, -0.15) is 0 Å². The van der Waals surface area contributed by atoms with E-state index in [1.807, 2.05) is 0 Å². The number of hydrogen-bond donors (Lipinski definition) is 2. The van der Waals surface area contributed by atoms with E-state index in [2.05, 4.69) is 11.2 Å². The summed E-state index contributed by atoms with van der Waals surface area (Å²) in [5.74, 6) is 2.08. The third kappa shape index (κ3) is 2.73. The van der Waals surface area contributed by atoms with E-state index in [0.717, 1.165) is 0 Å². The molecule has 3 heteroatoms. The minimum atomic E-state index is -0.556. The third-order valence-electron chi connectivity index (χ3n) is 0.921. The molecule has 0 aromatic rings. The summed E-state index contributed by atoms with van der Waals surface area (Å²) in [6, 6.07) is -0.556. The zero-order chi connectivity index (χ0) is 7.28. The highest BCUT2D eigenvalue weighted by Crippen LogP contribution is 1.83. The van der Waals surface area contributed by atoms with Crippen LogP contribution in [0.3, 0.4) is 0 Å². The molecule has 0 aromatic carbocycles. The molecule has 0 radical (unpaired) electrons. The molecule has 0 fully saturated rings. The summed E-state index contributed by atoms with van der Waals surface area (Å²) in [6.45, 7) is 0. The highest BCUT2D eigenvalue weighted by atomic mass is 16.2. The Morgan fingerprint density at radius 2 is 2.56 bits per heavy atom. The maximum Gasteiger partial charge on any atom is 0.237 e. The lowest BCUT2D eigenvalue weighted by atomic mass is 10.2. The maximum atomic E-state index is 10.6. The number of nitrogens with one attached hydrogen (secondary N) is 1. The quantitative estimate of drug-likeness (QED) is 0.470. The van der Waals surface area contributed by atoms with Gasteiger partial charge in [-0.15, -0.1) is 12.3 Å². The summed E-state index contributed by atoms with van der Waals surface area (Å²) in [5, 5.41) is 2.39. The smallest absolute Gasteiger partial charge is 0.237 e. The van der Waals surface area contributed by atoms with E-state index in [9.17, 15) is 4.79 Å². The normalized spacial score (nSPS) is 11.7. The minimum absolute atomic E-state index is 0.215. The molecule has 0 saturated heterocycles. The van der Waals surface area contributed by atoms with Gasteiger partial charge in [0.05, 0.1) is 6.04 Å². The lowest BCUT2D eigenvalue weighted by Crippen LogP contribution is -2.38. The third-order valence-corrected chi connectivity index (χ3v) is 0.921. The van der Waals surface area contributed by atoms with E-state index in [-0.39, 0.29) is 5.91 Å². The van der Waals surface area contributed by atoms with Gasteiger partial charge in [-0.1, -0.05) is 0 Å². The predicted molar refractivity (Wildman–Crippen MR) is 35.5 cm³/mol. The van der Waals surface area contributed by atoms with E-state index in [4.69, 9.17) is 12.2 Å². The van der Waals surface area contributed by atoms with Crippen molar-refractivity contribution < 1.29 is 4.79 Å². The molecule has 0 rings (SSSR count). The van der Waals surface area contributed by atoms with Gasteiger partial charge in [0, 0.05) is 13.5 Å². The van der Waals surface area contributed by atoms with Gasteiger partial charge >= 0.3 is 0 Å². The van der Waals surface area contributed by atoms with Crippen molar-refractivity contribution in [2.45, 2.75) is 12.5 Å². The molecule has 1 atom stereocenters. The standard InChI is InChI=1S/C6H10N2O/c1-3-4-5(7)6(9)8-2/h1,5H,4,7H2,2H3,(H,8,9). The Hall–Kier alpha value is -1.01. The molecule has 0 bridgehead atoms. The molecular weight excluding hydrogens is 116 g/mol. The molecule has 3 N–H and O–H groups in total. The first-order valence-electron chi connectivity index (χ1n) is 2.63. The number of likely N-dealkylation sites (N-methyl/N-ethyl adjacent to an activating group) is 1. The monoisotopic (exact) mass is 126 g/mol. The van der Waals surface area contributed by atoms with Crippen LogP contribution in [0.4, 0.5) is 0 Å². The Morgan fingerprint density at radius 1 is 2.00 bits per heavy atom. The largest absolute Gasteiger partial charge is 0.358 e. The topological polar surface area (TPSA) is 55.1 Å². The fourth-order valence-corrected chi connectivity index (χ4v) is 0.405. The molecule has 1 unspecified atom stereocenters. The fraction of sp³-hybridized carbons (Fsp3) is 0.500. The molecule has 0 spiro atoms. The van der Waals surface area contributed by atoms with Crippen molar-refractivity contribution in [2.24, 2.45) is 5.73 Å². The minimum Gasteiger partial charge on any atom is -0.358 e. The molecule has 0 aliphatic carbocycles. The number of hydrogen-bond acceptors (Lipinski definition) is 2. The average Bonchev–Trinajstić information content (AvgIpc) is 1.87. The summed E-state index contributed by atoms with van der Waals surface area (Å²) in [7, 11) is 1.53. The zero-order valence-corrected chi connectivity index (χ0v) is 5.35. The van der Waals surface area contributed by atoms with Crippen LogP contribution in [0.25, 0.3) is 0 Å². The number of nitrogens with two attached hydrogens (primary N) is 1. The molecule has 3 nitrogen and oxygen atoms in total. The number of carbonyl (C=O) groups excluding carboxylic acids is 1. The van der Waals surface area contributed by atoms with Crippen LogP contribution >= 0.6 is 0 Å². The molecule has 50 valence electrons. The van der Waals surface area contributed by atoms with Crippen LogP contribution in [0.15, 0.2) is 0 Å². The van der Waals surface area contributed by atoms with Gasteiger partial charge in [-0.3, -0.25) is 4.79 Å². The van der Waals surface area contributed by atoms with Crippen molar-refractivity contribution in [1.82, 2.24) is 5.32 Å². The van der Waals surface area contributed by atoms with Crippen LogP contribution < -0.4 is 11.1 Å². The molecule has 0 heterocycles. The van der Waals surface area contributed by atoms with E-state index in [1.165, 1.54) is 7.05 Å². The van der Waals surface area contributed by atoms with Crippen LogP contribution in [0.1, 0.15) is 6.42 Å². The number of rotatable bonds is 2. The highest BCUT2D eigenvalue weighted by molar-refractivity contribution is 5.81. The average molecular weight is 126 g/mol. The van der Waals surface area contributed by atoms with Crippen LogP contribution in [-0.2, 0) is 4.79 Å². The molecule has 0 aromatic heterocycles. The second-order valence-electron chi connectivity index (χ2n) is 1.63. The second-order valence-corrected chi connectivity index (χ2v) is 1.63. The van der Waals surface area contributed by atoms with Crippen LogP contribution in [0, 0.1) is 12.3 Å². The zero-order valence-electron chi connectivity index (χ0n) is 5.35. The van der Waals surface area contributed by atoms with Gasteiger partial charge in [0.15, 0.2) is 0 Å². The van der Waals surface area contributed by atoms with Crippen LogP contribution in [0.2, 0.25) is 0 Å². The Bertz CT molecular complexity index is 136. The van der Waals surface area contributed by atoms with Crippen LogP contribution in [0.5, 0.6) is 0 Å². The fourth-order valence-electron chi connectivity index (χ4n) is 0.405. The number of terminal acetylenes is 1. The van der Waals surface area contributed by atoms with Gasteiger partial charge in [0.2, 0.25) is 5.91 Å². The van der Waals surface area contributed by atoms with E-state index >= 15 is 0 Å². The maximum absolute atomic E-state index is 10.6. The number of carbonyl (C=O) groups is 1. The lowest BCUT2D eigenvalue weighted by molar-refractivity contribution is -0.121. The van der Waals surface area contributed by atoms with Gasteiger partial charge in [0.25, 0.3) is 0 Å². The molecule has 0 aliphatic rings. The van der Waals surface area contributed by atoms with Crippen molar-refractivity contribution in [2.75, 3.05) is 7.05 Å². The van der Waals surface area contributed by atoms with E-state index < -0.39 is 6.04 Å². The summed E-state index contributed by atoms with van der Waals surface area (Å²) < 4.78 is 0. The van der Waals surface area contributed by atoms with Crippen LogP contribution in [-0.4, -0.2) is 19.0 Å². The second kappa shape index (κ2) is 3.93. The molecular formula is C6H10N2O. The summed E-state index contributed by atoms with van der Waals surface area (Å²) in [6.07, 6.45) is 5.20. The SMILES string of the molecule is C#CCC(N)C(=O)NC. The van der Waals surface area contributed by atoms with Crippen molar-refractivity contribution >= 4 is 5.91 Å². The molecule has 0 saturated carbocycles. The van der Waals surface area contributed by atoms with Crippen molar-refractivity contribution in [3.05, 3.63) is 0 Å². The first-order chi connectivity index (χ1) is 4.22. The summed E-state index contributed by atoms with van der Waals surface area (Å²) in [5.41, 5.74) is 5.28. The molecule has 0 aliphatic heterocycles. The summed E-state index contributed by atoms with van der Waals surface area (Å²) in [4.78, 5) is 10.6. The highest BCUT2D eigenvalue weighted by Gasteiger charge is 2.07. The van der Waals surface area contributed by atoms with Gasteiger partial charge in [-0.25, -0.2) is 0 Å². The first-order valence-corrected chi connectivity index (χ1v) is 2.63. The van der Waals surface area contributed by atoms with Crippen molar-refractivity contribution in [3.63, 3.8) is 0 Å². The van der Waals surface area contributed by atoms with E-state index in [1.54, 1.807) is 0 Å². The van der Waals surface area contributed by atoms with Gasteiger partial charge < -0.3 is 11.1 Å². The van der Waals surface area contributed by atoms with Gasteiger partial charge in [-0.05, 0) is 0 Å².